The maximum absolute atomic E-state index is 12.7. The van der Waals surface area contributed by atoms with Crippen LogP contribution in [0.2, 0.25) is 0 Å². The second kappa shape index (κ2) is 11.0. The van der Waals surface area contributed by atoms with Crippen LogP contribution in [0.15, 0.2) is 60.7 Å². The van der Waals surface area contributed by atoms with E-state index in [9.17, 15) is 18.3 Å². The van der Waals surface area contributed by atoms with Gasteiger partial charge in [-0.05, 0) is 18.1 Å². The van der Waals surface area contributed by atoms with E-state index in [0.29, 0.717) is 0 Å². The number of aliphatic hydroxyl groups is 1. The molecule has 0 aromatic heterocycles. The predicted octanol–water partition coefficient (Wildman–Crippen LogP) is 1.83. The molecule has 1 N–H and O–H groups in total. The highest BCUT2D eigenvalue weighted by molar-refractivity contribution is 7.85. The zero-order valence-electron chi connectivity index (χ0n) is 19.4. The van der Waals surface area contributed by atoms with E-state index in [1.54, 1.807) is 0 Å². The molecule has 2 aromatic carbocycles. The SMILES string of the molecule is CO[C@H]1O[C@@](COCc2ccccc2)(COS(C)(=O)=O)[C@@H](OCc2ccccc2)[C@]1(O)C(C)=O. The van der Waals surface area contributed by atoms with Crippen LogP contribution >= 0.6 is 0 Å². The number of carbonyl (C=O) groups is 1. The molecule has 3 rings (SSSR count). The van der Waals surface area contributed by atoms with Crippen molar-refractivity contribution in [2.45, 2.75) is 43.7 Å². The van der Waals surface area contributed by atoms with Gasteiger partial charge in [0.05, 0.1) is 26.1 Å². The Morgan fingerprint density at radius 1 is 1.00 bits per heavy atom. The van der Waals surface area contributed by atoms with Crippen LogP contribution in [0.4, 0.5) is 0 Å². The number of hydrogen-bond donors (Lipinski definition) is 1. The van der Waals surface area contributed by atoms with E-state index in [2.05, 4.69) is 0 Å². The van der Waals surface area contributed by atoms with Gasteiger partial charge in [0.2, 0.25) is 5.60 Å². The quantitative estimate of drug-likeness (QED) is 0.441. The third-order valence-electron chi connectivity index (χ3n) is 5.59. The first-order chi connectivity index (χ1) is 16.1. The normalized spacial score (nSPS) is 27.1. The standard InChI is InChI=1S/C24H30O9S/c1-18(25)24(26)21(31-15-20-12-8-5-9-13-20)23(33-22(24)29-2,17-32-34(3,27)28)16-30-14-19-10-6-4-7-11-19/h4-13,21-22,26H,14-17H2,1-3H3/t21-,22+,23+,24-/m1/s1. The smallest absolute Gasteiger partial charge is 0.264 e. The molecule has 1 fully saturated rings. The fourth-order valence-electron chi connectivity index (χ4n) is 3.88. The second-order valence-corrected chi connectivity index (χ2v) is 9.90. The van der Waals surface area contributed by atoms with Gasteiger partial charge in [-0.15, -0.1) is 0 Å². The Kier molecular flexibility index (Phi) is 8.58. The zero-order chi connectivity index (χ0) is 24.8. The van der Waals surface area contributed by atoms with Crippen LogP contribution in [-0.2, 0) is 51.3 Å². The largest absolute Gasteiger partial charge is 0.375 e. The zero-order valence-corrected chi connectivity index (χ0v) is 20.2. The summed E-state index contributed by atoms with van der Waals surface area (Å²) in [5.41, 5.74) is -2.27. The third-order valence-corrected chi connectivity index (χ3v) is 6.14. The van der Waals surface area contributed by atoms with Gasteiger partial charge in [-0.3, -0.25) is 8.98 Å². The Bertz CT molecular complexity index is 1040. The lowest BCUT2D eigenvalue weighted by atomic mass is 9.84. The minimum atomic E-state index is -3.90. The average molecular weight is 495 g/mol. The summed E-state index contributed by atoms with van der Waals surface area (Å²) in [6.07, 6.45) is -1.90. The lowest BCUT2D eigenvalue weighted by Gasteiger charge is -2.36. The first-order valence-corrected chi connectivity index (χ1v) is 12.5. The van der Waals surface area contributed by atoms with Crippen LogP contribution in [0.3, 0.4) is 0 Å². The van der Waals surface area contributed by atoms with Crippen LogP contribution in [-0.4, -0.2) is 69.5 Å². The van der Waals surface area contributed by atoms with Gasteiger partial charge in [0.1, 0.15) is 18.3 Å². The molecule has 0 bridgehead atoms. The van der Waals surface area contributed by atoms with Gasteiger partial charge in [-0.2, -0.15) is 8.42 Å². The van der Waals surface area contributed by atoms with Gasteiger partial charge in [0, 0.05) is 7.11 Å². The number of carbonyl (C=O) groups excluding carboxylic acids is 1. The molecule has 9 nitrogen and oxygen atoms in total. The van der Waals surface area contributed by atoms with E-state index in [-0.39, 0.29) is 19.8 Å². The first kappa shape index (κ1) is 26.4. The van der Waals surface area contributed by atoms with Gasteiger partial charge in [-0.1, -0.05) is 60.7 Å². The van der Waals surface area contributed by atoms with E-state index >= 15 is 0 Å². The monoisotopic (exact) mass is 494 g/mol. The van der Waals surface area contributed by atoms with E-state index in [1.807, 2.05) is 60.7 Å². The van der Waals surface area contributed by atoms with Crippen LogP contribution in [0, 0.1) is 0 Å². The number of hydrogen-bond acceptors (Lipinski definition) is 9. The van der Waals surface area contributed by atoms with Crippen molar-refractivity contribution in [3.63, 3.8) is 0 Å². The van der Waals surface area contributed by atoms with Crippen molar-refractivity contribution in [1.29, 1.82) is 0 Å². The summed E-state index contributed by atoms with van der Waals surface area (Å²) >= 11 is 0. The Labute approximate surface area is 199 Å². The van der Waals surface area contributed by atoms with Crippen molar-refractivity contribution in [2.75, 3.05) is 26.6 Å². The number of methoxy groups -OCH3 is 1. The van der Waals surface area contributed by atoms with E-state index in [1.165, 1.54) is 14.0 Å². The van der Waals surface area contributed by atoms with Crippen molar-refractivity contribution in [2.24, 2.45) is 0 Å². The number of rotatable bonds is 12. The first-order valence-electron chi connectivity index (χ1n) is 10.7. The minimum Gasteiger partial charge on any atom is -0.375 e. The van der Waals surface area contributed by atoms with Crippen LogP contribution in [0.25, 0.3) is 0 Å². The summed E-state index contributed by atoms with van der Waals surface area (Å²) in [5.74, 6) is -0.665. The molecule has 4 atom stereocenters. The maximum Gasteiger partial charge on any atom is 0.264 e. The molecular formula is C24H30O9S. The number of Topliss-reactive ketones (excluding diaryl/α,β-unsaturated/α-hetero) is 1. The lowest BCUT2D eigenvalue weighted by Crippen LogP contribution is -2.60. The Morgan fingerprint density at radius 3 is 2.06 bits per heavy atom. The van der Waals surface area contributed by atoms with Crippen molar-refractivity contribution in [1.82, 2.24) is 0 Å². The van der Waals surface area contributed by atoms with Gasteiger partial charge in [0.25, 0.3) is 10.1 Å². The minimum absolute atomic E-state index is 0.0141. The molecule has 0 aliphatic carbocycles. The highest BCUT2D eigenvalue weighted by atomic mass is 32.2. The second-order valence-electron chi connectivity index (χ2n) is 8.25. The molecule has 0 amide bonds. The molecule has 0 saturated carbocycles. The summed E-state index contributed by atoms with van der Waals surface area (Å²) in [4.78, 5) is 12.7. The summed E-state index contributed by atoms with van der Waals surface area (Å²) in [5, 5.41) is 11.5. The van der Waals surface area contributed by atoms with Crippen molar-refractivity contribution in [3.8, 4) is 0 Å². The highest BCUT2D eigenvalue weighted by Gasteiger charge is 2.68. The topological polar surface area (TPSA) is 118 Å². The molecule has 186 valence electrons. The van der Waals surface area contributed by atoms with E-state index in [4.69, 9.17) is 23.1 Å². The molecule has 10 heteroatoms. The Balaban J connectivity index is 1.95. The molecule has 1 aliphatic rings. The molecule has 1 aliphatic heterocycles. The van der Waals surface area contributed by atoms with E-state index in [0.717, 1.165) is 17.4 Å². The Morgan fingerprint density at radius 2 is 1.56 bits per heavy atom. The summed E-state index contributed by atoms with van der Waals surface area (Å²) < 4.78 is 51.9. The number of ether oxygens (including phenoxy) is 4. The molecule has 1 heterocycles. The van der Waals surface area contributed by atoms with Gasteiger partial charge in [0.15, 0.2) is 12.1 Å². The molecule has 1 saturated heterocycles. The third kappa shape index (κ3) is 6.08. The number of ketones is 1. The van der Waals surface area contributed by atoms with Crippen molar-refractivity contribution in [3.05, 3.63) is 71.8 Å². The fourth-order valence-corrected chi connectivity index (χ4v) is 4.30. The fraction of sp³-hybridized carbons (Fsp3) is 0.458. The van der Waals surface area contributed by atoms with Crippen molar-refractivity contribution >= 4 is 15.9 Å². The molecule has 34 heavy (non-hydrogen) atoms. The molecule has 0 radical (unpaired) electrons. The molecule has 0 unspecified atom stereocenters. The summed E-state index contributed by atoms with van der Waals surface area (Å²) in [6, 6.07) is 18.4. The molecular weight excluding hydrogens is 464 g/mol. The lowest BCUT2D eigenvalue weighted by molar-refractivity contribution is -0.215. The summed E-state index contributed by atoms with van der Waals surface area (Å²) in [7, 11) is -2.63. The number of benzene rings is 2. The maximum atomic E-state index is 12.7. The van der Waals surface area contributed by atoms with Gasteiger partial charge < -0.3 is 24.1 Å². The van der Waals surface area contributed by atoms with Gasteiger partial charge in [-0.25, -0.2) is 0 Å². The van der Waals surface area contributed by atoms with Crippen LogP contribution in [0.5, 0.6) is 0 Å². The van der Waals surface area contributed by atoms with Crippen LogP contribution in [0.1, 0.15) is 18.1 Å². The van der Waals surface area contributed by atoms with Gasteiger partial charge >= 0.3 is 0 Å². The van der Waals surface area contributed by atoms with Crippen LogP contribution < -0.4 is 0 Å². The van der Waals surface area contributed by atoms with E-state index < -0.39 is 46.1 Å². The summed E-state index contributed by atoms with van der Waals surface area (Å²) in [6.45, 7) is 0.570. The Hall–Kier alpha value is -2.18. The highest BCUT2D eigenvalue weighted by Crippen LogP contribution is 2.43. The average Bonchev–Trinajstić information content (AvgIpc) is 3.06. The van der Waals surface area contributed by atoms with Crippen molar-refractivity contribution < 1.29 is 41.4 Å². The predicted molar refractivity (Wildman–Crippen MR) is 122 cm³/mol. The molecule has 0 spiro atoms. The molecule has 2 aromatic rings.